The van der Waals surface area contributed by atoms with Crippen LogP contribution in [-0.2, 0) is 0 Å². The molecule has 0 amide bonds. The highest BCUT2D eigenvalue weighted by Gasteiger charge is 2.13. The highest BCUT2D eigenvalue weighted by atomic mass is 19.1. The van der Waals surface area contributed by atoms with Gasteiger partial charge in [-0.3, -0.25) is 10.1 Å². The summed E-state index contributed by atoms with van der Waals surface area (Å²) in [6, 6.07) is 9.33. The van der Waals surface area contributed by atoms with Crippen molar-refractivity contribution in [1.82, 2.24) is 0 Å². The van der Waals surface area contributed by atoms with E-state index in [2.05, 4.69) is 5.32 Å². The molecule has 5 heteroatoms. The molecule has 0 spiro atoms. The number of nitrogens with one attached hydrogen (secondary N) is 1. The van der Waals surface area contributed by atoms with Crippen molar-refractivity contribution in [3.05, 3.63) is 69.0 Å². The van der Waals surface area contributed by atoms with Crippen molar-refractivity contribution in [2.24, 2.45) is 0 Å². The number of hydrogen-bond acceptors (Lipinski definition) is 3. The van der Waals surface area contributed by atoms with Crippen LogP contribution in [0.5, 0.6) is 0 Å². The molecule has 0 aliphatic heterocycles. The molecule has 4 nitrogen and oxygen atoms in total. The Kier molecular flexibility index (Phi) is 4.21. The number of nitrogens with zero attached hydrogens (tertiary/aromatic N) is 1. The Bertz CT molecular complexity index is 686. The number of non-ortho nitro benzene ring substituents is 1. The van der Waals surface area contributed by atoms with E-state index in [0.29, 0.717) is 0 Å². The van der Waals surface area contributed by atoms with Crippen molar-refractivity contribution in [3.63, 3.8) is 0 Å². The molecular formula is C16H17FN2O2. The molecule has 1 N–H and O–H groups in total. The van der Waals surface area contributed by atoms with Crippen LogP contribution < -0.4 is 5.32 Å². The number of nitro groups is 1. The molecule has 0 aromatic heterocycles. The van der Waals surface area contributed by atoms with Gasteiger partial charge in [0.05, 0.1) is 10.6 Å². The Balaban J connectivity index is 2.26. The van der Waals surface area contributed by atoms with Crippen molar-refractivity contribution >= 4 is 11.4 Å². The highest BCUT2D eigenvalue weighted by Crippen LogP contribution is 2.26. The number of aryl methyl sites for hydroxylation is 2. The Hall–Kier alpha value is -2.43. The number of hydrogen-bond donors (Lipinski definition) is 1. The highest BCUT2D eigenvalue weighted by molar-refractivity contribution is 5.53. The zero-order valence-electron chi connectivity index (χ0n) is 12.2. The van der Waals surface area contributed by atoms with E-state index in [1.54, 1.807) is 0 Å². The number of nitro benzene ring substituents is 1. The first-order valence-corrected chi connectivity index (χ1v) is 6.66. The SMILES string of the molecule is Cc1ccc(C(C)Nc2cc([N+](=O)[O-])ccc2F)cc1C. The van der Waals surface area contributed by atoms with Gasteiger partial charge in [-0.1, -0.05) is 18.2 Å². The summed E-state index contributed by atoms with van der Waals surface area (Å²) in [5.74, 6) is -0.503. The van der Waals surface area contributed by atoms with Gasteiger partial charge in [0.15, 0.2) is 0 Å². The second kappa shape index (κ2) is 5.91. The first kappa shape index (κ1) is 15.0. The first-order valence-electron chi connectivity index (χ1n) is 6.66. The van der Waals surface area contributed by atoms with Crippen LogP contribution in [-0.4, -0.2) is 4.92 Å². The van der Waals surface area contributed by atoms with Gasteiger partial charge < -0.3 is 5.32 Å². The van der Waals surface area contributed by atoms with Crippen LogP contribution in [0.15, 0.2) is 36.4 Å². The first-order chi connectivity index (χ1) is 9.88. The molecule has 1 unspecified atom stereocenters. The summed E-state index contributed by atoms with van der Waals surface area (Å²) in [6.45, 7) is 5.93. The monoisotopic (exact) mass is 288 g/mol. The van der Waals surface area contributed by atoms with Gasteiger partial charge in [-0.25, -0.2) is 4.39 Å². The van der Waals surface area contributed by atoms with E-state index in [1.165, 1.54) is 11.6 Å². The van der Waals surface area contributed by atoms with Gasteiger partial charge in [0.1, 0.15) is 5.82 Å². The quantitative estimate of drug-likeness (QED) is 0.664. The molecule has 0 heterocycles. The van der Waals surface area contributed by atoms with Crippen LogP contribution in [0.25, 0.3) is 0 Å². The Morgan fingerprint density at radius 3 is 2.48 bits per heavy atom. The van der Waals surface area contributed by atoms with Gasteiger partial charge in [0.2, 0.25) is 0 Å². The molecule has 0 fully saturated rings. The van der Waals surface area contributed by atoms with Crippen molar-refractivity contribution in [2.45, 2.75) is 26.8 Å². The summed E-state index contributed by atoms with van der Waals surface area (Å²) in [5.41, 5.74) is 3.35. The van der Waals surface area contributed by atoms with Crippen LogP contribution >= 0.6 is 0 Å². The van der Waals surface area contributed by atoms with Crippen LogP contribution in [0, 0.1) is 29.8 Å². The molecular weight excluding hydrogens is 271 g/mol. The second-order valence-corrected chi connectivity index (χ2v) is 5.13. The average molecular weight is 288 g/mol. The van der Waals surface area contributed by atoms with Crippen LogP contribution in [0.4, 0.5) is 15.8 Å². The maximum Gasteiger partial charge on any atom is 0.271 e. The van der Waals surface area contributed by atoms with Gasteiger partial charge in [0, 0.05) is 18.2 Å². The lowest BCUT2D eigenvalue weighted by molar-refractivity contribution is -0.384. The van der Waals surface area contributed by atoms with Gasteiger partial charge in [-0.2, -0.15) is 0 Å². The molecule has 21 heavy (non-hydrogen) atoms. The lowest BCUT2D eigenvalue weighted by Gasteiger charge is -2.17. The molecule has 0 aliphatic rings. The zero-order valence-corrected chi connectivity index (χ0v) is 12.2. The Morgan fingerprint density at radius 1 is 1.14 bits per heavy atom. The number of benzene rings is 2. The van der Waals surface area contributed by atoms with E-state index in [-0.39, 0.29) is 17.4 Å². The van der Waals surface area contributed by atoms with Crippen LogP contribution in [0.3, 0.4) is 0 Å². The summed E-state index contributed by atoms with van der Waals surface area (Å²) < 4.78 is 13.8. The average Bonchev–Trinajstić information content (AvgIpc) is 2.43. The van der Waals surface area contributed by atoms with Crippen molar-refractivity contribution in [1.29, 1.82) is 0 Å². The van der Waals surface area contributed by atoms with E-state index in [1.807, 2.05) is 39.0 Å². The molecule has 0 saturated carbocycles. The van der Waals surface area contributed by atoms with E-state index in [4.69, 9.17) is 0 Å². The predicted molar refractivity (Wildman–Crippen MR) is 81.0 cm³/mol. The van der Waals surface area contributed by atoms with Crippen molar-refractivity contribution in [2.75, 3.05) is 5.32 Å². The fraction of sp³-hybridized carbons (Fsp3) is 0.250. The van der Waals surface area contributed by atoms with E-state index in [0.717, 1.165) is 23.3 Å². The topological polar surface area (TPSA) is 55.2 Å². The minimum Gasteiger partial charge on any atom is -0.376 e. The third-order valence-corrected chi connectivity index (χ3v) is 3.56. The van der Waals surface area contributed by atoms with E-state index >= 15 is 0 Å². The third kappa shape index (κ3) is 3.37. The number of halogens is 1. The molecule has 0 bridgehead atoms. The smallest absolute Gasteiger partial charge is 0.271 e. The van der Waals surface area contributed by atoms with Gasteiger partial charge in [-0.15, -0.1) is 0 Å². The number of anilines is 1. The fourth-order valence-electron chi connectivity index (χ4n) is 2.09. The summed E-state index contributed by atoms with van der Waals surface area (Å²) >= 11 is 0. The molecule has 2 aromatic carbocycles. The fourth-order valence-corrected chi connectivity index (χ4v) is 2.09. The van der Waals surface area contributed by atoms with Gasteiger partial charge >= 0.3 is 0 Å². The lowest BCUT2D eigenvalue weighted by atomic mass is 10.0. The standard InChI is InChI=1S/C16H17FN2O2/c1-10-4-5-13(8-11(10)2)12(3)18-16-9-14(19(20)21)6-7-15(16)17/h4-9,12,18H,1-3H3. The normalized spacial score (nSPS) is 12.0. The summed E-state index contributed by atoms with van der Waals surface area (Å²) in [5, 5.41) is 13.7. The van der Waals surface area contributed by atoms with E-state index in [9.17, 15) is 14.5 Å². The van der Waals surface area contributed by atoms with Crippen molar-refractivity contribution < 1.29 is 9.31 Å². The summed E-state index contributed by atoms with van der Waals surface area (Å²) in [6.07, 6.45) is 0. The minimum atomic E-state index is -0.536. The van der Waals surface area contributed by atoms with E-state index < -0.39 is 10.7 Å². The molecule has 0 radical (unpaired) electrons. The van der Waals surface area contributed by atoms with Crippen LogP contribution in [0.1, 0.15) is 29.7 Å². The summed E-state index contributed by atoms with van der Waals surface area (Å²) in [4.78, 5) is 10.2. The minimum absolute atomic E-state index is 0.133. The van der Waals surface area contributed by atoms with Crippen molar-refractivity contribution in [3.8, 4) is 0 Å². The molecule has 110 valence electrons. The molecule has 2 aromatic rings. The molecule has 0 saturated heterocycles. The largest absolute Gasteiger partial charge is 0.376 e. The Morgan fingerprint density at radius 2 is 1.86 bits per heavy atom. The molecule has 2 rings (SSSR count). The third-order valence-electron chi connectivity index (χ3n) is 3.56. The number of rotatable bonds is 4. The Labute approximate surface area is 122 Å². The zero-order chi connectivity index (χ0) is 15.6. The van der Waals surface area contributed by atoms with Crippen LogP contribution in [0.2, 0.25) is 0 Å². The van der Waals surface area contributed by atoms with Gasteiger partial charge in [0.25, 0.3) is 5.69 Å². The molecule has 1 atom stereocenters. The maximum absolute atomic E-state index is 13.8. The molecule has 0 aliphatic carbocycles. The second-order valence-electron chi connectivity index (χ2n) is 5.13. The maximum atomic E-state index is 13.8. The predicted octanol–water partition coefficient (Wildman–Crippen LogP) is 4.52. The summed E-state index contributed by atoms with van der Waals surface area (Å²) in [7, 11) is 0. The van der Waals surface area contributed by atoms with Gasteiger partial charge in [-0.05, 0) is 43.5 Å². The lowest BCUT2D eigenvalue weighted by Crippen LogP contribution is -2.08.